The molecule has 18 heavy (non-hydrogen) atoms. The maximum absolute atomic E-state index is 5.64. The Balaban J connectivity index is 1.81. The normalized spacial score (nSPS) is 18.4. The van der Waals surface area contributed by atoms with E-state index < -0.39 is 0 Å². The summed E-state index contributed by atoms with van der Waals surface area (Å²) >= 11 is 5.64. The van der Waals surface area contributed by atoms with E-state index in [1.165, 1.54) is 17.5 Å². The molecule has 0 bridgehead atoms. The number of benzene rings is 1. The van der Waals surface area contributed by atoms with Crippen LogP contribution < -0.4 is 5.32 Å². The molecule has 1 aliphatic rings. The number of anilines is 1. The van der Waals surface area contributed by atoms with Crippen LogP contribution in [0.2, 0.25) is 0 Å². The van der Waals surface area contributed by atoms with Crippen LogP contribution in [0.1, 0.15) is 35.9 Å². The maximum atomic E-state index is 5.64. The number of alkyl halides is 1. The predicted molar refractivity (Wildman–Crippen MR) is 69.6 cm³/mol. The number of rotatable bonds is 3. The van der Waals surface area contributed by atoms with Gasteiger partial charge < -0.3 is 9.73 Å². The monoisotopic (exact) mass is 263 g/mol. The summed E-state index contributed by atoms with van der Waals surface area (Å²) in [6.45, 7) is 0. The van der Waals surface area contributed by atoms with Gasteiger partial charge in [0.2, 0.25) is 5.89 Å². The first kappa shape index (κ1) is 11.5. The summed E-state index contributed by atoms with van der Waals surface area (Å²) in [7, 11) is 0. The van der Waals surface area contributed by atoms with Crippen molar-refractivity contribution in [2.45, 2.75) is 31.2 Å². The van der Waals surface area contributed by atoms with Crippen LogP contribution in [0.4, 0.5) is 6.01 Å². The Labute approximate surface area is 110 Å². The molecule has 4 nitrogen and oxygen atoms in total. The lowest BCUT2D eigenvalue weighted by Crippen LogP contribution is -2.17. The molecule has 1 aliphatic carbocycles. The highest BCUT2D eigenvalue weighted by molar-refractivity contribution is 6.16. The second-order valence-corrected chi connectivity index (χ2v) is 4.69. The van der Waals surface area contributed by atoms with Crippen molar-refractivity contribution in [3.8, 4) is 0 Å². The number of hydrogen-bond acceptors (Lipinski definition) is 4. The summed E-state index contributed by atoms with van der Waals surface area (Å²) in [5.74, 6) is 0.693. The van der Waals surface area contributed by atoms with E-state index in [-0.39, 0.29) is 11.9 Å². The Hall–Kier alpha value is -1.55. The Kier molecular flexibility index (Phi) is 3.19. The van der Waals surface area contributed by atoms with E-state index in [0.29, 0.717) is 11.9 Å². The van der Waals surface area contributed by atoms with E-state index in [9.17, 15) is 0 Å². The van der Waals surface area contributed by atoms with Gasteiger partial charge in [0.05, 0.1) is 6.04 Å². The van der Waals surface area contributed by atoms with E-state index in [0.717, 1.165) is 12.8 Å². The topological polar surface area (TPSA) is 51.0 Å². The van der Waals surface area contributed by atoms with Crippen LogP contribution in [0, 0.1) is 0 Å². The summed E-state index contributed by atoms with van der Waals surface area (Å²) in [5.41, 5.74) is 2.73. The molecular formula is C13H14ClN3O. The lowest BCUT2D eigenvalue weighted by atomic mass is 9.88. The smallest absolute Gasteiger partial charge is 0.315 e. The molecule has 1 aromatic heterocycles. The van der Waals surface area contributed by atoms with E-state index in [2.05, 4.69) is 39.8 Å². The molecule has 0 aliphatic heterocycles. The number of hydrogen-bond donors (Lipinski definition) is 1. The third-order valence-corrected chi connectivity index (χ3v) is 3.48. The lowest BCUT2D eigenvalue weighted by Gasteiger charge is -2.25. The molecule has 0 radical (unpaired) electrons. The minimum absolute atomic E-state index is 0.246. The SMILES string of the molecule is ClCc1nnc(NC2CCCc3ccccc32)o1. The van der Waals surface area contributed by atoms with Gasteiger partial charge in [-0.05, 0) is 30.4 Å². The highest BCUT2D eigenvalue weighted by atomic mass is 35.5. The van der Waals surface area contributed by atoms with E-state index >= 15 is 0 Å². The van der Waals surface area contributed by atoms with Gasteiger partial charge in [-0.2, -0.15) is 0 Å². The van der Waals surface area contributed by atoms with Crippen molar-refractivity contribution < 1.29 is 4.42 Å². The molecular weight excluding hydrogens is 250 g/mol. The van der Waals surface area contributed by atoms with E-state index in [1.54, 1.807) is 0 Å². The molecule has 0 saturated heterocycles. The fourth-order valence-corrected chi connectivity index (χ4v) is 2.53. The van der Waals surface area contributed by atoms with Gasteiger partial charge in [-0.25, -0.2) is 0 Å². The number of nitrogens with one attached hydrogen (secondary N) is 1. The van der Waals surface area contributed by atoms with Gasteiger partial charge in [0.25, 0.3) is 0 Å². The standard InChI is InChI=1S/C13H14ClN3O/c14-8-12-16-17-13(18-12)15-11-7-3-5-9-4-1-2-6-10(9)11/h1-2,4,6,11H,3,5,7-8H2,(H,15,17). The van der Waals surface area contributed by atoms with Crippen molar-refractivity contribution in [3.05, 3.63) is 41.3 Å². The summed E-state index contributed by atoms with van der Waals surface area (Å²) in [6.07, 6.45) is 3.39. The van der Waals surface area contributed by atoms with Crippen LogP contribution in [-0.2, 0) is 12.3 Å². The Bertz CT molecular complexity index is 541. The molecule has 0 amide bonds. The van der Waals surface area contributed by atoms with Crippen molar-refractivity contribution in [2.24, 2.45) is 0 Å². The quantitative estimate of drug-likeness (QED) is 0.864. The number of nitrogens with zero attached hydrogens (tertiary/aromatic N) is 2. The van der Waals surface area contributed by atoms with Gasteiger partial charge in [-0.15, -0.1) is 16.7 Å². The molecule has 0 spiro atoms. The molecule has 0 saturated carbocycles. The first-order chi connectivity index (χ1) is 8.86. The van der Waals surface area contributed by atoms with Gasteiger partial charge in [0.15, 0.2) is 0 Å². The first-order valence-corrected chi connectivity index (χ1v) is 6.63. The molecule has 5 heteroatoms. The molecule has 94 valence electrons. The van der Waals surface area contributed by atoms with Gasteiger partial charge in [-0.3, -0.25) is 0 Å². The number of halogens is 1. The molecule has 1 heterocycles. The van der Waals surface area contributed by atoms with Crippen molar-refractivity contribution >= 4 is 17.6 Å². The fraction of sp³-hybridized carbons (Fsp3) is 0.385. The minimum Gasteiger partial charge on any atom is -0.407 e. The average molecular weight is 264 g/mol. The van der Waals surface area contributed by atoms with E-state index in [1.807, 2.05) is 0 Å². The molecule has 1 aromatic carbocycles. The largest absolute Gasteiger partial charge is 0.407 e. The minimum atomic E-state index is 0.246. The van der Waals surface area contributed by atoms with Crippen molar-refractivity contribution in [3.63, 3.8) is 0 Å². The molecule has 2 aromatic rings. The van der Waals surface area contributed by atoms with E-state index in [4.69, 9.17) is 16.0 Å². The third-order valence-electron chi connectivity index (χ3n) is 3.25. The summed E-state index contributed by atoms with van der Waals surface area (Å²) < 4.78 is 5.39. The highest BCUT2D eigenvalue weighted by Gasteiger charge is 2.21. The van der Waals surface area contributed by atoms with Crippen LogP contribution in [-0.4, -0.2) is 10.2 Å². The second kappa shape index (κ2) is 4.98. The molecule has 1 unspecified atom stereocenters. The average Bonchev–Trinajstić information content (AvgIpc) is 2.87. The molecule has 3 rings (SSSR count). The zero-order chi connectivity index (χ0) is 12.4. The van der Waals surface area contributed by atoms with Crippen LogP contribution in [0.15, 0.2) is 28.7 Å². The Morgan fingerprint density at radius 2 is 2.22 bits per heavy atom. The highest BCUT2D eigenvalue weighted by Crippen LogP contribution is 2.31. The summed E-state index contributed by atoms with van der Waals surface area (Å²) in [6, 6.07) is 9.19. The Morgan fingerprint density at radius 3 is 3.06 bits per heavy atom. The number of aromatic nitrogens is 2. The third kappa shape index (κ3) is 2.20. The number of fused-ring (bicyclic) bond motifs is 1. The zero-order valence-electron chi connectivity index (χ0n) is 9.90. The van der Waals surface area contributed by atoms with Gasteiger partial charge in [0, 0.05) is 0 Å². The Morgan fingerprint density at radius 1 is 1.33 bits per heavy atom. The van der Waals surface area contributed by atoms with Crippen LogP contribution >= 0.6 is 11.6 Å². The van der Waals surface area contributed by atoms with Crippen molar-refractivity contribution in [1.82, 2.24) is 10.2 Å². The lowest BCUT2D eigenvalue weighted by molar-refractivity contribution is 0.506. The van der Waals surface area contributed by atoms with Gasteiger partial charge in [0.1, 0.15) is 5.88 Å². The van der Waals surface area contributed by atoms with Crippen molar-refractivity contribution in [2.75, 3.05) is 5.32 Å². The predicted octanol–water partition coefficient (Wildman–Crippen LogP) is 3.30. The van der Waals surface area contributed by atoms with Gasteiger partial charge in [-0.1, -0.05) is 29.4 Å². The van der Waals surface area contributed by atoms with Crippen LogP contribution in [0.3, 0.4) is 0 Å². The molecule has 1 N–H and O–H groups in total. The van der Waals surface area contributed by atoms with Crippen LogP contribution in [0.25, 0.3) is 0 Å². The van der Waals surface area contributed by atoms with Crippen molar-refractivity contribution in [1.29, 1.82) is 0 Å². The second-order valence-electron chi connectivity index (χ2n) is 4.42. The fourth-order valence-electron chi connectivity index (χ4n) is 2.42. The molecule has 1 atom stereocenters. The zero-order valence-corrected chi connectivity index (χ0v) is 10.7. The van der Waals surface area contributed by atoms with Crippen LogP contribution in [0.5, 0.6) is 0 Å². The first-order valence-electron chi connectivity index (χ1n) is 6.09. The maximum Gasteiger partial charge on any atom is 0.315 e. The number of aryl methyl sites for hydroxylation is 1. The summed E-state index contributed by atoms with van der Waals surface area (Å²) in [4.78, 5) is 0. The molecule has 0 fully saturated rings. The van der Waals surface area contributed by atoms with Gasteiger partial charge >= 0.3 is 6.01 Å². The summed E-state index contributed by atoms with van der Waals surface area (Å²) in [5, 5.41) is 11.1.